The van der Waals surface area contributed by atoms with Crippen molar-refractivity contribution in [2.75, 3.05) is 6.54 Å². The highest BCUT2D eigenvalue weighted by Gasteiger charge is 2.50. The van der Waals surface area contributed by atoms with Crippen LogP contribution in [0.5, 0.6) is 5.75 Å². The van der Waals surface area contributed by atoms with Crippen molar-refractivity contribution in [2.45, 2.75) is 12.8 Å². The molecule has 1 amide bonds. The molecule has 1 aliphatic carbocycles. The normalized spacial score (nSPS) is 16.2. The Morgan fingerprint density at radius 1 is 1.24 bits per heavy atom. The van der Waals surface area contributed by atoms with Crippen LogP contribution in [0.2, 0.25) is 0 Å². The molecular weight excluding hydrogens is 222 g/mol. The van der Waals surface area contributed by atoms with E-state index in [1.807, 2.05) is 0 Å². The fourth-order valence-corrected chi connectivity index (χ4v) is 1.58. The highest BCUT2D eigenvalue weighted by atomic mass is 16.4. The van der Waals surface area contributed by atoms with Crippen molar-refractivity contribution in [3.63, 3.8) is 0 Å². The summed E-state index contributed by atoms with van der Waals surface area (Å²) in [7, 11) is 0. The second-order valence-corrected chi connectivity index (χ2v) is 4.32. The van der Waals surface area contributed by atoms with Crippen LogP contribution in [-0.4, -0.2) is 28.6 Å². The number of carboxylic acid groups (broad SMARTS) is 1. The minimum Gasteiger partial charge on any atom is -0.508 e. The molecule has 0 spiro atoms. The Morgan fingerprint density at radius 2 is 1.82 bits per heavy atom. The van der Waals surface area contributed by atoms with E-state index in [2.05, 4.69) is 5.32 Å². The molecule has 5 nitrogen and oxygen atoms in total. The quantitative estimate of drug-likeness (QED) is 0.726. The molecular formula is C12H13NO4. The summed E-state index contributed by atoms with van der Waals surface area (Å²) in [6.45, 7) is 0.155. The number of hydrogen-bond acceptors (Lipinski definition) is 3. The molecule has 0 aromatic heterocycles. The van der Waals surface area contributed by atoms with Gasteiger partial charge in [0.15, 0.2) is 0 Å². The van der Waals surface area contributed by atoms with E-state index in [1.54, 1.807) is 0 Å². The molecule has 0 heterocycles. The van der Waals surface area contributed by atoms with Crippen molar-refractivity contribution in [1.29, 1.82) is 0 Å². The van der Waals surface area contributed by atoms with Crippen LogP contribution in [-0.2, 0) is 4.79 Å². The molecule has 0 aliphatic heterocycles. The number of amides is 1. The topological polar surface area (TPSA) is 86.6 Å². The van der Waals surface area contributed by atoms with Crippen LogP contribution in [0, 0.1) is 5.41 Å². The van der Waals surface area contributed by atoms with Gasteiger partial charge in [0.05, 0.1) is 5.41 Å². The third-order valence-corrected chi connectivity index (χ3v) is 3.02. The first-order valence-corrected chi connectivity index (χ1v) is 5.34. The first-order valence-electron chi connectivity index (χ1n) is 5.34. The second-order valence-electron chi connectivity index (χ2n) is 4.32. The summed E-state index contributed by atoms with van der Waals surface area (Å²) >= 11 is 0. The minimum absolute atomic E-state index is 0.0887. The molecule has 3 N–H and O–H groups in total. The maximum absolute atomic E-state index is 11.7. The van der Waals surface area contributed by atoms with Crippen LogP contribution >= 0.6 is 0 Å². The van der Waals surface area contributed by atoms with Crippen molar-refractivity contribution in [2.24, 2.45) is 5.41 Å². The number of phenols is 1. The van der Waals surface area contributed by atoms with E-state index in [0.29, 0.717) is 18.4 Å². The van der Waals surface area contributed by atoms with Gasteiger partial charge in [-0.05, 0) is 37.1 Å². The molecule has 0 unspecified atom stereocenters. The largest absolute Gasteiger partial charge is 0.508 e. The number of carboxylic acids is 1. The Hall–Kier alpha value is -2.04. The third kappa shape index (κ3) is 2.38. The van der Waals surface area contributed by atoms with Crippen molar-refractivity contribution in [3.05, 3.63) is 29.8 Å². The number of benzene rings is 1. The minimum atomic E-state index is -0.858. The first kappa shape index (κ1) is 11.4. The highest BCUT2D eigenvalue weighted by Crippen LogP contribution is 2.45. The van der Waals surface area contributed by atoms with E-state index in [-0.39, 0.29) is 18.2 Å². The number of aromatic hydroxyl groups is 1. The number of aliphatic carboxylic acids is 1. The Bertz CT molecular complexity index is 448. The second kappa shape index (κ2) is 4.08. The van der Waals surface area contributed by atoms with Crippen LogP contribution in [0.1, 0.15) is 23.2 Å². The first-order chi connectivity index (χ1) is 8.03. The van der Waals surface area contributed by atoms with Gasteiger partial charge in [-0.1, -0.05) is 0 Å². The fraction of sp³-hybridized carbons (Fsp3) is 0.333. The lowest BCUT2D eigenvalue weighted by Gasteiger charge is -2.11. The van der Waals surface area contributed by atoms with Crippen molar-refractivity contribution in [3.8, 4) is 5.75 Å². The van der Waals surface area contributed by atoms with Crippen LogP contribution < -0.4 is 5.32 Å². The van der Waals surface area contributed by atoms with Gasteiger partial charge in [-0.15, -0.1) is 0 Å². The van der Waals surface area contributed by atoms with Crippen LogP contribution in [0.3, 0.4) is 0 Å². The number of nitrogens with one attached hydrogen (secondary N) is 1. The SMILES string of the molecule is O=C(NCC1(C(=O)O)CC1)c1ccc(O)cc1. The maximum atomic E-state index is 11.7. The van der Waals surface area contributed by atoms with Gasteiger partial charge in [-0.25, -0.2) is 0 Å². The predicted octanol–water partition coefficient (Wildman–Crippen LogP) is 0.987. The van der Waals surface area contributed by atoms with Crippen molar-refractivity contribution in [1.82, 2.24) is 5.32 Å². The zero-order valence-electron chi connectivity index (χ0n) is 9.14. The average Bonchev–Trinajstić information content (AvgIpc) is 3.08. The zero-order chi connectivity index (χ0) is 12.5. The van der Waals surface area contributed by atoms with E-state index in [1.165, 1.54) is 24.3 Å². The summed E-state index contributed by atoms with van der Waals surface area (Å²) in [4.78, 5) is 22.6. The number of rotatable bonds is 4. The monoisotopic (exact) mass is 235 g/mol. The molecule has 0 atom stereocenters. The number of carbonyl (C=O) groups is 2. The van der Waals surface area contributed by atoms with E-state index in [4.69, 9.17) is 10.2 Å². The van der Waals surface area contributed by atoms with E-state index in [9.17, 15) is 9.59 Å². The molecule has 90 valence electrons. The molecule has 0 saturated heterocycles. The van der Waals surface area contributed by atoms with Gasteiger partial charge in [0.25, 0.3) is 5.91 Å². The van der Waals surface area contributed by atoms with Crippen molar-refractivity contribution >= 4 is 11.9 Å². The maximum Gasteiger partial charge on any atom is 0.311 e. The molecule has 1 fully saturated rings. The summed E-state index contributed by atoms with van der Waals surface area (Å²) in [5, 5.41) is 20.6. The summed E-state index contributed by atoms with van der Waals surface area (Å²) < 4.78 is 0. The van der Waals surface area contributed by atoms with E-state index >= 15 is 0 Å². The van der Waals surface area contributed by atoms with E-state index < -0.39 is 11.4 Å². The van der Waals surface area contributed by atoms with Crippen LogP contribution in [0.15, 0.2) is 24.3 Å². The lowest BCUT2D eigenvalue weighted by molar-refractivity contribution is -0.143. The predicted molar refractivity (Wildman–Crippen MR) is 59.7 cm³/mol. The van der Waals surface area contributed by atoms with Gasteiger partial charge in [-0.2, -0.15) is 0 Å². The van der Waals surface area contributed by atoms with Crippen LogP contribution in [0.25, 0.3) is 0 Å². The molecule has 5 heteroatoms. The molecule has 17 heavy (non-hydrogen) atoms. The summed E-state index contributed by atoms with van der Waals surface area (Å²) in [5.74, 6) is -1.09. The summed E-state index contributed by atoms with van der Waals surface area (Å²) in [6.07, 6.45) is 1.22. The smallest absolute Gasteiger partial charge is 0.311 e. The standard InChI is InChI=1S/C12H13NO4/c14-9-3-1-8(2-4-9)10(15)13-7-12(5-6-12)11(16)17/h1-4,14H,5-7H2,(H,13,15)(H,16,17). The Morgan fingerprint density at radius 3 is 2.29 bits per heavy atom. The van der Waals surface area contributed by atoms with Gasteiger partial charge in [-0.3, -0.25) is 9.59 Å². The van der Waals surface area contributed by atoms with Gasteiger partial charge >= 0.3 is 5.97 Å². The average molecular weight is 235 g/mol. The lowest BCUT2D eigenvalue weighted by Crippen LogP contribution is -2.34. The van der Waals surface area contributed by atoms with Gasteiger partial charge < -0.3 is 15.5 Å². The Kier molecular flexibility index (Phi) is 2.75. The summed E-state index contributed by atoms with van der Waals surface area (Å²) in [5.41, 5.74) is -0.351. The van der Waals surface area contributed by atoms with Crippen LogP contribution in [0.4, 0.5) is 0 Å². The fourth-order valence-electron chi connectivity index (χ4n) is 1.58. The molecule has 0 bridgehead atoms. The molecule has 1 saturated carbocycles. The van der Waals surface area contributed by atoms with Gasteiger partial charge in [0.2, 0.25) is 0 Å². The van der Waals surface area contributed by atoms with Gasteiger partial charge in [0.1, 0.15) is 5.75 Å². The molecule has 1 aliphatic rings. The van der Waals surface area contributed by atoms with E-state index in [0.717, 1.165) is 0 Å². The molecule has 1 aromatic rings. The zero-order valence-corrected chi connectivity index (χ0v) is 9.14. The van der Waals surface area contributed by atoms with Gasteiger partial charge in [0, 0.05) is 12.1 Å². The third-order valence-electron chi connectivity index (χ3n) is 3.02. The Labute approximate surface area is 98.1 Å². The number of hydrogen-bond donors (Lipinski definition) is 3. The molecule has 2 rings (SSSR count). The molecule has 1 aromatic carbocycles. The summed E-state index contributed by atoms with van der Waals surface area (Å²) in [6, 6.07) is 5.81. The number of carbonyl (C=O) groups excluding carboxylic acids is 1. The number of phenolic OH excluding ortho intramolecular Hbond substituents is 1. The van der Waals surface area contributed by atoms with Crippen molar-refractivity contribution < 1.29 is 19.8 Å². The Balaban J connectivity index is 1.94. The lowest BCUT2D eigenvalue weighted by atomic mass is 10.1. The molecule has 0 radical (unpaired) electrons. The highest BCUT2D eigenvalue weighted by molar-refractivity contribution is 5.94.